The first kappa shape index (κ1) is 18.5. The van der Waals surface area contributed by atoms with Crippen molar-refractivity contribution in [2.75, 3.05) is 11.4 Å². The highest BCUT2D eigenvalue weighted by Crippen LogP contribution is 2.41. The molecule has 1 heterocycles. The third-order valence-electron chi connectivity index (χ3n) is 3.56. The molecule has 0 aromatic heterocycles. The van der Waals surface area contributed by atoms with Crippen LogP contribution in [0, 0.1) is 5.82 Å². The number of carbonyl (C=O) groups is 1. The summed E-state index contributed by atoms with van der Waals surface area (Å²) in [6.07, 6.45) is -3.77. The molecule has 0 N–H and O–H groups in total. The molecule has 0 spiro atoms. The molecule has 2 aromatic carbocycles. The van der Waals surface area contributed by atoms with E-state index < -0.39 is 24.4 Å². The maximum atomic E-state index is 13.0. The van der Waals surface area contributed by atoms with Crippen LogP contribution in [-0.2, 0) is 4.79 Å². The van der Waals surface area contributed by atoms with Gasteiger partial charge >= 0.3 is 12.1 Å². The SMILES string of the molecule is O=C(N1CC=C(Oc2ccc(F)cc2)c2c(Cl)cc(Cl)cc21)C(F)(F)F. The molecule has 9 heteroatoms. The molecular formula is C17H9Cl2F4NO2. The lowest BCUT2D eigenvalue weighted by Gasteiger charge is -2.30. The van der Waals surface area contributed by atoms with Gasteiger partial charge in [0.25, 0.3) is 0 Å². The quantitative estimate of drug-likeness (QED) is 0.620. The van der Waals surface area contributed by atoms with Gasteiger partial charge in [-0.2, -0.15) is 13.2 Å². The number of benzene rings is 2. The first-order chi connectivity index (χ1) is 12.2. The number of fused-ring (bicyclic) bond motifs is 1. The predicted octanol–water partition coefficient (Wildman–Crippen LogP) is 5.46. The van der Waals surface area contributed by atoms with Crippen LogP contribution in [0.15, 0.2) is 42.5 Å². The van der Waals surface area contributed by atoms with Crippen molar-refractivity contribution in [1.82, 2.24) is 0 Å². The summed E-state index contributed by atoms with van der Waals surface area (Å²) >= 11 is 12.0. The largest absolute Gasteiger partial charge is 0.471 e. The van der Waals surface area contributed by atoms with Crippen molar-refractivity contribution in [2.24, 2.45) is 0 Å². The van der Waals surface area contributed by atoms with Crippen molar-refractivity contribution in [1.29, 1.82) is 0 Å². The van der Waals surface area contributed by atoms with Gasteiger partial charge in [-0.25, -0.2) is 4.39 Å². The summed E-state index contributed by atoms with van der Waals surface area (Å²) in [6, 6.07) is 7.57. The topological polar surface area (TPSA) is 29.5 Å². The van der Waals surface area contributed by atoms with E-state index in [0.29, 0.717) is 4.90 Å². The highest BCUT2D eigenvalue weighted by Gasteiger charge is 2.44. The molecule has 0 radical (unpaired) electrons. The van der Waals surface area contributed by atoms with Crippen LogP contribution in [0.25, 0.3) is 5.76 Å². The van der Waals surface area contributed by atoms with E-state index in [1.54, 1.807) is 0 Å². The highest BCUT2D eigenvalue weighted by molar-refractivity contribution is 6.36. The van der Waals surface area contributed by atoms with Gasteiger partial charge in [-0.15, -0.1) is 0 Å². The summed E-state index contributed by atoms with van der Waals surface area (Å²) in [7, 11) is 0. The summed E-state index contributed by atoms with van der Waals surface area (Å²) in [6.45, 7) is -0.390. The lowest BCUT2D eigenvalue weighted by Crippen LogP contribution is -2.43. The van der Waals surface area contributed by atoms with Crippen LogP contribution < -0.4 is 9.64 Å². The minimum absolute atomic E-state index is 0.0144. The lowest BCUT2D eigenvalue weighted by molar-refractivity contribution is -0.170. The van der Waals surface area contributed by atoms with Crippen LogP contribution in [0.4, 0.5) is 23.2 Å². The van der Waals surface area contributed by atoms with Gasteiger partial charge in [0, 0.05) is 11.6 Å². The number of alkyl halides is 3. The molecule has 136 valence electrons. The predicted molar refractivity (Wildman–Crippen MR) is 89.9 cm³/mol. The molecule has 0 saturated heterocycles. The number of ether oxygens (including phenoxy) is 1. The zero-order valence-corrected chi connectivity index (χ0v) is 14.3. The van der Waals surface area contributed by atoms with Crippen molar-refractivity contribution >= 4 is 40.6 Å². The van der Waals surface area contributed by atoms with Crippen LogP contribution in [0.2, 0.25) is 10.0 Å². The van der Waals surface area contributed by atoms with Gasteiger partial charge in [-0.1, -0.05) is 23.2 Å². The Labute approximate surface area is 155 Å². The second-order valence-corrected chi connectivity index (χ2v) is 6.16. The van der Waals surface area contributed by atoms with Crippen LogP contribution in [0.5, 0.6) is 5.75 Å². The van der Waals surface area contributed by atoms with Gasteiger partial charge in [0.05, 0.1) is 16.3 Å². The van der Waals surface area contributed by atoms with Crippen LogP contribution >= 0.6 is 23.2 Å². The molecule has 0 atom stereocenters. The van der Waals surface area contributed by atoms with E-state index in [1.807, 2.05) is 0 Å². The van der Waals surface area contributed by atoms with Crippen molar-refractivity contribution in [3.63, 3.8) is 0 Å². The summed E-state index contributed by atoms with van der Waals surface area (Å²) < 4.78 is 57.2. The first-order valence-electron chi connectivity index (χ1n) is 7.18. The summed E-state index contributed by atoms with van der Waals surface area (Å²) in [5.41, 5.74) is -0.0336. The van der Waals surface area contributed by atoms with Crippen LogP contribution in [0.1, 0.15) is 5.56 Å². The number of nitrogens with zero attached hydrogens (tertiary/aromatic N) is 1. The standard InChI is InChI=1S/C17H9Cl2F4NO2/c18-9-7-12(19)15-13(8-9)24(16(25)17(21,22)23)6-5-14(15)26-11-3-1-10(20)2-4-11/h1-5,7-8H,6H2. The van der Waals surface area contributed by atoms with Gasteiger partial charge in [0.2, 0.25) is 0 Å². The Bertz CT molecular complexity index is 895. The van der Waals surface area contributed by atoms with E-state index in [9.17, 15) is 22.4 Å². The maximum Gasteiger partial charge on any atom is 0.471 e. The Hall–Kier alpha value is -2.25. The number of carbonyl (C=O) groups excluding carboxylic acids is 1. The molecule has 26 heavy (non-hydrogen) atoms. The number of hydrogen-bond acceptors (Lipinski definition) is 2. The summed E-state index contributed by atoms with van der Waals surface area (Å²) in [5.74, 6) is -2.12. The Morgan fingerprint density at radius 3 is 2.38 bits per heavy atom. The molecule has 0 fully saturated rings. The third-order valence-corrected chi connectivity index (χ3v) is 4.08. The third kappa shape index (κ3) is 3.64. The normalized spacial score (nSPS) is 13.9. The number of halogens is 6. The second kappa shape index (κ2) is 6.81. The number of rotatable bonds is 2. The number of hydrogen-bond donors (Lipinski definition) is 0. The van der Waals surface area contributed by atoms with E-state index in [-0.39, 0.29) is 32.8 Å². The minimum atomic E-state index is -5.06. The monoisotopic (exact) mass is 405 g/mol. The minimum Gasteiger partial charge on any atom is -0.457 e. The zero-order chi connectivity index (χ0) is 19.1. The van der Waals surface area contributed by atoms with Crippen molar-refractivity contribution in [3.8, 4) is 5.75 Å². The first-order valence-corrected chi connectivity index (χ1v) is 7.94. The van der Waals surface area contributed by atoms with Gasteiger partial charge in [0.15, 0.2) is 0 Å². The molecule has 1 aliphatic heterocycles. The maximum absolute atomic E-state index is 13.0. The summed E-state index contributed by atoms with van der Waals surface area (Å²) in [5, 5.41) is 0.0808. The lowest BCUT2D eigenvalue weighted by atomic mass is 10.1. The Balaban J connectivity index is 2.04. The van der Waals surface area contributed by atoms with E-state index in [2.05, 4.69) is 0 Å². The Kier molecular flexibility index (Phi) is 4.86. The van der Waals surface area contributed by atoms with Crippen molar-refractivity contribution < 1.29 is 27.1 Å². The van der Waals surface area contributed by atoms with E-state index in [1.165, 1.54) is 42.5 Å². The molecule has 1 aliphatic rings. The average molecular weight is 406 g/mol. The number of amides is 1. The van der Waals surface area contributed by atoms with Crippen LogP contribution in [0.3, 0.4) is 0 Å². The fourth-order valence-electron chi connectivity index (χ4n) is 2.46. The van der Waals surface area contributed by atoms with E-state index >= 15 is 0 Å². The molecule has 0 bridgehead atoms. The molecule has 3 nitrogen and oxygen atoms in total. The molecule has 3 rings (SSSR count). The van der Waals surface area contributed by atoms with Gasteiger partial charge in [-0.05, 0) is 42.5 Å². The van der Waals surface area contributed by atoms with Crippen molar-refractivity contribution in [2.45, 2.75) is 6.18 Å². The fraction of sp³-hybridized carbons (Fsp3) is 0.118. The van der Waals surface area contributed by atoms with Gasteiger partial charge in [0.1, 0.15) is 17.3 Å². The molecular weight excluding hydrogens is 397 g/mol. The molecule has 0 aliphatic carbocycles. The van der Waals surface area contributed by atoms with Gasteiger partial charge < -0.3 is 4.74 Å². The molecule has 0 unspecified atom stereocenters. The summed E-state index contributed by atoms with van der Waals surface area (Å²) in [4.78, 5) is 12.2. The fourth-order valence-corrected chi connectivity index (χ4v) is 3.03. The average Bonchev–Trinajstić information content (AvgIpc) is 2.55. The zero-order valence-electron chi connectivity index (χ0n) is 12.8. The number of anilines is 1. The highest BCUT2D eigenvalue weighted by atomic mass is 35.5. The Morgan fingerprint density at radius 1 is 1.12 bits per heavy atom. The van der Waals surface area contributed by atoms with Crippen LogP contribution in [-0.4, -0.2) is 18.6 Å². The van der Waals surface area contributed by atoms with Crippen molar-refractivity contribution in [3.05, 3.63) is 63.9 Å². The van der Waals surface area contributed by atoms with E-state index in [4.69, 9.17) is 27.9 Å². The molecule has 2 aromatic rings. The Morgan fingerprint density at radius 2 is 1.77 bits per heavy atom. The van der Waals surface area contributed by atoms with E-state index in [0.717, 1.165) is 0 Å². The smallest absolute Gasteiger partial charge is 0.457 e. The second-order valence-electron chi connectivity index (χ2n) is 5.32. The van der Waals surface area contributed by atoms with Gasteiger partial charge in [-0.3, -0.25) is 9.69 Å². The molecule has 1 amide bonds. The molecule has 0 saturated carbocycles.